The van der Waals surface area contributed by atoms with Gasteiger partial charge in [0.25, 0.3) is 0 Å². The van der Waals surface area contributed by atoms with Gasteiger partial charge in [0.1, 0.15) is 5.60 Å². The van der Waals surface area contributed by atoms with E-state index < -0.39 is 5.60 Å². The van der Waals surface area contributed by atoms with E-state index in [2.05, 4.69) is 5.32 Å². The molecule has 0 unspecified atom stereocenters. The molecule has 0 saturated carbocycles. The van der Waals surface area contributed by atoms with Crippen LogP contribution in [-0.2, 0) is 27.4 Å². The van der Waals surface area contributed by atoms with Crippen molar-refractivity contribution in [1.82, 2.24) is 10.2 Å². The van der Waals surface area contributed by atoms with E-state index in [1.54, 1.807) is 12.0 Å². The highest BCUT2D eigenvalue weighted by molar-refractivity contribution is 5.80. The van der Waals surface area contributed by atoms with Gasteiger partial charge in [0.15, 0.2) is 0 Å². The second kappa shape index (κ2) is 9.03. The highest BCUT2D eigenvalue weighted by Crippen LogP contribution is 2.20. The number of nitrogens with zero attached hydrogens (tertiary/aromatic N) is 1. The summed E-state index contributed by atoms with van der Waals surface area (Å²) < 4.78 is 10.6. The number of rotatable bonds is 5. The van der Waals surface area contributed by atoms with Crippen LogP contribution in [0.25, 0.3) is 0 Å². The first-order chi connectivity index (χ1) is 12.3. The number of ether oxygens (including phenoxy) is 2. The van der Waals surface area contributed by atoms with Crippen LogP contribution >= 0.6 is 0 Å². The molecule has 1 aromatic carbocycles. The second-order valence-electron chi connectivity index (χ2n) is 7.69. The molecule has 1 saturated heterocycles. The van der Waals surface area contributed by atoms with Crippen LogP contribution in [0.5, 0.6) is 0 Å². The van der Waals surface area contributed by atoms with Crippen molar-refractivity contribution in [2.45, 2.75) is 52.4 Å². The van der Waals surface area contributed by atoms with Crippen molar-refractivity contribution in [3.8, 4) is 0 Å². The molecule has 0 aromatic heterocycles. The minimum atomic E-state index is -0.530. The highest BCUT2D eigenvalue weighted by Gasteiger charge is 2.30. The van der Waals surface area contributed by atoms with Crippen LogP contribution in [0.15, 0.2) is 24.3 Å². The SMILES string of the molecule is COCc1ccccc1CNC(=O)[C@@H]1CCCN(C(=O)OC(C)(C)C)C1. The first-order valence-corrected chi connectivity index (χ1v) is 9.11. The lowest BCUT2D eigenvalue weighted by Gasteiger charge is -2.33. The van der Waals surface area contributed by atoms with Crippen LogP contribution < -0.4 is 5.32 Å². The molecule has 1 atom stereocenters. The third-order valence-electron chi connectivity index (χ3n) is 4.32. The molecule has 0 spiro atoms. The fraction of sp³-hybridized carbons (Fsp3) is 0.600. The Balaban J connectivity index is 1.90. The van der Waals surface area contributed by atoms with Gasteiger partial charge in [-0.1, -0.05) is 24.3 Å². The molecule has 1 fully saturated rings. The molecule has 1 aliphatic rings. The van der Waals surface area contributed by atoms with E-state index >= 15 is 0 Å². The maximum atomic E-state index is 12.6. The van der Waals surface area contributed by atoms with Crippen molar-refractivity contribution in [2.75, 3.05) is 20.2 Å². The van der Waals surface area contributed by atoms with Gasteiger partial charge in [-0.05, 0) is 44.7 Å². The molecule has 144 valence electrons. The molecule has 2 rings (SSSR count). The van der Waals surface area contributed by atoms with Crippen molar-refractivity contribution in [2.24, 2.45) is 5.92 Å². The molecular formula is C20H30N2O4. The van der Waals surface area contributed by atoms with Crippen molar-refractivity contribution in [3.05, 3.63) is 35.4 Å². The summed E-state index contributed by atoms with van der Waals surface area (Å²) in [5, 5.41) is 3.00. The zero-order chi connectivity index (χ0) is 19.2. The number of carbonyl (C=O) groups is 2. The maximum Gasteiger partial charge on any atom is 0.410 e. The first-order valence-electron chi connectivity index (χ1n) is 9.11. The summed E-state index contributed by atoms with van der Waals surface area (Å²) in [6.45, 7) is 7.54. The molecule has 0 radical (unpaired) electrons. The minimum Gasteiger partial charge on any atom is -0.444 e. The van der Waals surface area contributed by atoms with Crippen LogP contribution in [0.3, 0.4) is 0 Å². The lowest BCUT2D eigenvalue weighted by Crippen LogP contribution is -2.46. The quantitative estimate of drug-likeness (QED) is 0.874. The van der Waals surface area contributed by atoms with Gasteiger partial charge >= 0.3 is 6.09 Å². The normalized spacial score (nSPS) is 17.7. The zero-order valence-corrected chi connectivity index (χ0v) is 16.2. The van der Waals surface area contributed by atoms with Gasteiger partial charge in [-0.2, -0.15) is 0 Å². The minimum absolute atomic E-state index is 0.0227. The topological polar surface area (TPSA) is 67.9 Å². The maximum absolute atomic E-state index is 12.6. The van der Waals surface area contributed by atoms with E-state index in [1.165, 1.54) is 0 Å². The van der Waals surface area contributed by atoms with Crippen molar-refractivity contribution in [3.63, 3.8) is 0 Å². The predicted octanol–water partition coefficient (Wildman–Crippen LogP) is 3.10. The Morgan fingerprint density at radius 3 is 2.58 bits per heavy atom. The molecule has 0 aliphatic carbocycles. The van der Waals surface area contributed by atoms with Gasteiger partial charge in [0, 0.05) is 26.7 Å². The predicted molar refractivity (Wildman–Crippen MR) is 99.5 cm³/mol. The van der Waals surface area contributed by atoms with Gasteiger partial charge in [0.2, 0.25) is 5.91 Å². The zero-order valence-electron chi connectivity index (χ0n) is 16.2. The summed E-state index contributed by atoms with van der Waals surface area (Å²) in [5.41, 5.74) is 1.58. The third kappa shape index (κ3) is 6.02. The molecule has 1 aliphatic heterocycles. The van der Waals surface area contributed by atoms with Crippen LogP contribution in [0.4, 0.5) is 4.79 Å². The van der Waals surface area contributed by atoms with Gasteiger partial charge in [-0.3, -0.25) is 4.79 Å². The molecule has 0 bridgehead atoms. The van der Waals surface area contributed by atoms with Crippen molar-refractivity contribution < 1.29 is 19.1 Å². The lowest BCUT2D eigenvalue weighted by atomic mass is 9.97. The third-order valence-corrected chi connectivity index (χ3v) is 4.32. The van der Waals surface area contributed by atoms with Crippen molar-refractivity contribution in [1.29, 1.82) is 0 Å². The standard InChI is InChI=1S/C20H30N2O4/c1-20(2,3)26-19(24)22-11-7-10-16(13-22)18(23)21-12-15-8-5-6-9-17(15)14-25-4/h5-6,8-9,16H,7,10-14H2,1-4H3,(H,21,23)/t16-/m1/s1. The summed E-state index contributed by atoms with van der Waals surface area (Å²) in [6.07, 6.45) is 1.24. The summed E-state index contributed by atoms with van der Waals surface area (Å²) in [5.74, 6) is -0.226. The number of methoxy groups -OCH3 is 1. The van der Waals surface area contributed by atoms with Gasteiger partial charge in [-0.25, -0.2) is 4.79 Å². The number of hydrogen-bond donors (Lipinski definition) is 1. The Kier molecular flexibility index (Phi) is 7.03. The average Bonchev–Trinajstić information content (AvgIpc) is 2.59. The monoisotopic (exact) mass is 362 g/mol. The van der Waals surface area contributed by atoms with Crippen LogP contribution in [0.2, 0.25) is 0 Å². The number of likely N-dealkylation sites (tertiary alicyclic amines) is 1. The molecule has 1 heterocycles. The Morgan fingerprint density at radius 1 is 1.23 bits per heavy atom. The molecular weight excluding hydrogens is 332 g/mol. The summed E-state index contributed by atoms with van der Waals surface area (Å²) >= 11 is 0. The number of amides is 2. The Bertz CT molecular complexity index is 624. The summed E-state index contributed by atoms with van der Waals surface area (Å²) in [4.78, 5) is 26.4. The van der Waals surface area contributed by atoms with Crippen LogP contribution in [0, 0.1) is 5.92 Å². The van der Waals surface area contributed by atoms with E-state index in [9.17, 15) is 9.59 Å². The van der Waals surface area contributed by atoms with Crippen LogP contribution in [0.1, 0.15) is 44.7 Å². The van der Waals surface area contributed by atoms with Crippen LogP contribution in [-0.4, -0.2) is 42.7 Å². The van der Waals surface area contributed by atoms with E-state index in [4.69, 9.17) is 9.47 Å². The molecule has 1 N–H and O–H groups in total. The smallest absolute Gasteiger partial charge is 0.410 e. The Hall–Kier alpha value is -2.08. The van der Waals surface area contributed by atoms with Crippen molar-refractivity contribution >= 4 is 12.0 Å². The fourth-order valence-electron chi connectivity index (χ4n) is 3.04. The fourth-order valence-corrected chi connectivity index (χ4v) is 3.04. The average molecular weight is 362 g/mol. The largest absolute Gasteiger partial charge is 0.444 e. The number of carbonyl (C=O) groups excluding carboxylic acids is 2. The number of piperidine rings is 1. The highest BCUT2D eigenvalue weighted by atomic mass is 16.6. The van der Waals surface area contributed by atoms with E-state index in [0.717, 1.165) is 24.0 Å². The summed E-state index contributed by atoms with van der Waals surface area (Å²) in [7, 11) is 1.66. The van der Waals surface area contributed by atoms with E-state index in [1.807, 2.05) is 45.0 Å². The Morgan fingerprint density at radius 2 is 1.92 bits per heavy atom. The van der Waals surface area contributed by atoms with Gasteiger partial charge in [-0.15, -0.1) is 0 Å². The molecule has 6 nitrogen and oxygen atoms in total. The first kappa shape index (κ1) is 20.2. The molecule has 2 amide bonds. The van der Waals surface area contributed by atoms with Gasteiger partial charge < -0.3 is 19.7 Å². The van der Waals surface area contributed by atoms with Gasteiger partial charge in [0.05, 0.1) is 12.5 Å². The second-order valence-corrected chi connectivity index (χ2v) is 7.69. The lowest BCUT2D eigenvalue weighted by molar-refractivity contribution is -0.126. The van der Waals surface area contributed by atoms with E-state index in [-0.39, 0.29) is 17.9 Å². The molecule has 1 aromatic rings. The summed E-state index contributed by atoms with van der Waals surface area (Å²) in [6, 6.07) is 7.89. The molecule has 26 heavy (non-hydrogen) atoms. The number of nitrogens with one attached hydrogen (secondary N) is 1. The number of hydrogen-bond acceptors (Lipinski definition) is 4. The number of benzene rings is 1. The molecule has 6 heteroatoms. The van der Waals surface area contributed by atoms with E-state index in [0.29, 0.717) is 26.2 Å². The Labute approximate surface area is 155 Å².